The van der Waals surface area contributed by atoms with Crippen molar-refractivity contribution >= 4 is 39.9 Å². The lowest BCUT2D eigenvalue weighted by atomic mass is 10.1. The van der Waals surface area contributed by atoms with Crippen molar-refractivity contribution in [2.24, 2.45) is 0 Å². The summed E-state index contributed by atoms with van der Waals surface area (Å²) in [5.74, 6) is 0.653. The van der Waals surface area contributed by atoms with Gasteiger partial charge in [0.15, 0.2) is 5.60 Å². The molecule has 1 fully saturated rings. The van der Waals surface area contributed by atoms with Crippen molar-refractivity contribution < 1.29 is 13.9 Å². The lowest BCUT2D eigenvalue weighted by Crippen LogP contribution is -2.51. The van der Waals surface area contributed by atoms with Gasteiger partial charge in [-0.15, -0.1) is 0 Å². The van der Waals surface area contributed by atoms with Crippen LogP contribution in [0.15, 0.2) is 36.7 Å². The highest BCUT2D eigenvalue weighted by molar-refractivity contribution is 7.97. The maximum absolute atomic E-state index is 13.8. The van der Waals surface area contributed by atoms with E-state index in [-0.39, 0.29) is 5.82 Å². The summed E-state index contributed by atoms with van der Waals surface area (Å²) < 4.78 is 25.0. The van der Waals surface area contributed by atoms with E-state index in [1.165, 1.54) is 18.5 Å². The quantitative estimate of drug-likeness (QED) is 0.604. The molecule has 2 aromatic carbocycles. The van der Waals surface area contributed by atoms with Crippen molar-refractivity contribution in [3.05, 3.63) is 48.0 Å². The normalized spacial score (nSPS) is 14.5. The number of fused-ring (bicyclic) bond motifs is 1. The van der Waals surface area contributed by atoms with Gasteiger partial charge in [0, 0.05) is 17.1 Å². The highest BCUT2D eigenvalue weighted by Crippen LogP contribution is 2.35. The number of nitrogens with zero attached hydrogens (tertiary/aromatic N) is 2. The van der Waals surface area contributed by atoms with Gasteiger partial charge in [-0.05, 0) is 56.2 Å². The number of hydrogen-bond donors (Lipinski definition) is 2. The summed E-state index contributed by atoms with van der Waals surface area (Å²) in [4.78, 5) is 8.63. The molecule has 1 aromatic heterocycles. The van der Waals surface area contributed by atoms with Gasteiger partial charge in [0.2, 0.25) is 0 Å². The summed E-state index contributed by atoms with van der Waals surface area (Å²) in [7, 11) is 0. The van der Waals surface area contributed by atoms with Crippen molar-refractivity contribution in [2.45, 2.75) is 19.4 Å². The monoisotopic (exact) mass is 416 g/mol. The molecule has 0 radical (unpaired) electrons. The molecule has 0 spiro atoms. The maximum Gasteiger partial charge on any atom is 0.153 e. The number of thioether (sulfide) groups is 1. The SMILES string of the molecule is CSC.Cc1cc(N)cc2ncnc(Nc3ccc(F)cc3OC3(C)COC3)c12. The van der Waals surface area contributed by atoms with Gasteiger partial charge in [0.1, 0.15) is 23.7 Å². The molecular weight excluding hydrogens is 391 g/mol. The minimum atomic E-state index is -0.456. The summed E-state index contributed by atoms with van der Waals surface area (Å²) in [6.07, 6.45) is 5.55. The number of nitrogens with one attached hydrogen (secondary N) is 1. The molecule has 3 aromatic rings. The van der Waals surface area contributed by atoms with E-state index in [4.69, 9.17) is 15.2 Å². The smallest absolute Gasteiger partial charge is 0.153 e. The van der Waals surface area contributed by atoms with E-state index in [1.807, 2.05) is 32.4 Å². The number of benzene rings is 2. The predicted octanol–water partition coefficient (Wildman–Crippen LogP) is 4.55. The second kappa shape index (κ2) is 8.84. The zero-order valence-corrected chi connectivity index (χ0v) is 17.8. The lowest BCUT2D eigenvalue weighted by molar-refractivity contribution is -0.149. The van der Waals surface area contributed by atoms with Crippen molar-refractivity contribution in [3.63, 3.8) is 0 Å². The lowest BCUT2D eigenvalue weighted by Gasteiger charge is -2.38. The molecule has 29 heavy (non-hydrogen) atoms. The van der Waals surface area contributed by atoms with E-state index < -0.39 is 5.60 Å². The van der Waals surface area contributed by atoms with Crippen LogP contribution in [0.5, 0.6) is 5.75 Å². The van der Waals surface area contributed by atoms with Crippen molar-refractivity contribution in [1.29, 1.82) is 0 Å². The van der Waals surface area contributed by atoms with Gasteiger partial charge in [-0.1, -0.05) is 0 Å². The summed E-state index contributed by atoms with van der Waals surface area (Å²) >= 11 is 1.75. The minimum Gasteiger partial charge on any atom is -0.480 e. The predicted molar refractivity (Wildman–Crippen MR) is 118 cm³/mol. The molecule has 6 nitrogen and oxygen atoms in total. The van der Waals surface area contributed by atoms with Gasteiger partial charge in [-0.2, -0.15) is 11.8 Å². The number of hydrogen-bond acceptors (Lipinski definition) is 7. The Morgan fingerprint density at radius 3 is 2.59 bits per heavy atom. The van der Waals surface area contributed by atoms with E-state index in [0.29, 0.717) is 36.2 Å². The van der Waals surface area contributed by atoms with Gasteiger partial charge in [0.25, 0.3) is 0 Å². The zero-order chi connectivity index (χ0) is 21.0. The van der Waals surface area contributed by atoms with E-state index >= 15 is 0 Å². The van der Waals surface area contributed by atoms with E-state index in [9.17, 15) is 4.39 Å². The molecule has 2 heterocycles. The molecule has 154 valence electrons. The molecular formula is C21H25FN4O2S. The maximum atomic E-state index is 13.8. The van der Waals surface area contributed by atoms with Gasteiger partial charge < -0.3 is 20.5 Å². The molecule has 4 rings (SSSR count). The third-order valence-electron chi connectivity index (χ3n) is 4.33. The number of aryl methyl sites for hydroxylation is 1. The number of nitrogen functional groups attached to an aromatic ring is 1. The van der Waals surface area contributed by atoms with Crippen LogP contribution in [-0.4, -0.2) is 41.3 Å². The average molecular weight is 417 g/mol. The summed E-state index contributed by atoms with van der Waals surface area (Å²) in [6, 6.07) is 8.03. The Balaban J connectivity index is 0.000000755. The van der Waals surface area contributed by atoms with Crippen LogP contribution in [0.3, 0.4) is 0 Å². The van der Waals surface area contributed by atoms with Gasteiger partial charge in [-0.25, -0.2) is 14.4 Å². The van der Waals surface area contributed by atoms with Crippen LogP contribution in [0.25, 0.3) is 10.9 Å². The number of anilines is 3. The fourth-order valence-corrected chi connectivity index (χ4v) is 3.04. The zero-order valence-electron chi connectivity index (χ0n) is 17.0. The minimum absolute atomic E-state index is 0.370. The van der Waals surface area contributed by atoms with Gasteiger partial charge in [-0.3, -0.25) is 0 Å². The standard InChI is InChI=1S/C19H19FN4O2.C2H6S/c1-11-5-13(21)7-15-17(11)18(23-10-22-15)24-14-4-3-12(20)6-16(14)26-19(2)8-25-9-19;1-3-2/h3-7,10H,8-9,21H2,1-2H3,(H,22,23,24);1-2H3. The first-order valence-corrected chi connectivity index (χ1v) is 10.7. The molecule has 1 saturated heterocycles. The average Bonchev–Trinajstić information content (AvgIpc) is 2.63. The molecule has 1 aliphatic heterocycles. The summed E-state index contributed by atoms with van der Waals surface area (Å²) in [5.41, 5.74) is 8.40. The van der Waals surface area contributed by atoms with E-state index in [2.05, 4.69) is 15.3 Å². The number of ether oxygens (including phenoxy) is 2. The van der Waals surface area contributed by atoms with Crippen LogP contribution in [0, 0.1) is 12.7 Å². The molecule has 0 atom stereocenters. The molecule has 0 aliphatic carbocycles. The summed E-state index contributed by atoms with van der Waals surface area (Å²) in [6.45, 7) is 4.82. The molecule has 0 amide bonds. The van der Waals surface area contributed by atoms with Crippen LogP contribution in [0.2, 0.25) is 0 Å². The first-order valence-electron chi connectivity index (χ1n) is 9.09. The Labute approximate surface area is 174 Å². The molecule has 1 aliphatic rings. The highest BCUT2D eigenvalue weighted by atomic mass is 32.2. The fraction of sp³-hybridized carbons (Fsp3) is 0.333. The first kappa shape index (κ1) is 21.1. The molecule has 3 N–H and O–H groups in total. The first-order chi connectivity index (χ1) is 13.8. The van der Waals surface area contributed by atoms with Crippen LogP contribution in [-0.2, 0) is 4.74 Å². The third kappa shape index (κ3) is 4.89. The van der Waals surface area contributed by atoms with Crippen molar-refractivity contribution in [3.8, 4) is 5.75 Å². The van der Waals surface area contributed by atoms with E-state index in [1.54, 1.807) is 23.9 Å². The Kier molecular flexibility index (Phi) is 6.44. The van der Waals surface area contributed by atoms with Crippen molar-refractivity contribution in [2.75, 3.05) is 36.8 Å². The number of halogens is 1. The molecule has 0 bridgehead atoms. The van der Waals surface area contributed by atoms with Gasteiger partial charge >= 0.3 is 0 Å². The third-order valence-corrected chi connectivity index (χ3v) is 4.33. The highest BCUT2D eigenvalue weighted by Gasteiger charge is 2.36. The Bertz CT molecular complexity index is 1010. The van der Waals surface area contributed by atoms with Crippen LogP contribution < -0.4 is 15.8 Å². The topological polar surface area (TPSA) is 82.3 Å². The molecule has 0 unspecified atom stereocenters. The Morgan fingerprint density at radius 2 is 1.93 bits per heavy atom. The van der Waals surface area contributed by atoms with Crippen LogP contribution in [0.1, 0.15) is 12.5 Å². The number of rotatable bonds is 4. The summed E-state index contributed by atoms with van der Waals surface area (Å²) in [5, 5.41) is 4.11. The number of aromatic nitrogens is 2. The Morgan fingerprint density at radius 1 is 1.21 bits per heavy atom. The molecule has 8 heteroatoms. The fourth-order valence-electron chi connectivity index (χ4n) is 3.04. The van der Waals surface area contributed by atoms with E-state index in [0.717, 1.165) is 16.5 Å². The Hall–Kier alpha value is -2.58. The van der Waals surface area contributed by atoms with Gasteiger partial charge in [0.05, 0.1) is 24.4 Å². The largest absolute Gasteiger partial charge is 0.480 e. The van der Waals surface area contributed by atoms with Crippen LogP contribution in [0.4, 0.5) is 21.6 Å². The molecule has 0 saturated carbocycles. The second-order valence-electron chi connectivity index (χ2n) is 7.17. The van der Waals surface area contributed by atoms with Crippen molar-refractivity contribution in [1.82, 2.24) is 9.97 Å². The van der Waals surface area contributed by atoms with Crippen LogP contribution >= 0.6 is 11.8 Å². The number of nitrogens with two attached hydrogens (primary N) is 1. The second-order valence-corrected chi connectivity index (χ2v) is 7.99.